The number of benzene rings is 1. The average Bonchev–Trinajstić information content (AvgIpc) is 2.97. The number of carboxylic acids is 1. The van der Waals surface area contributed by atoms with Crippen LogP contribution in [0.25, 0.3) is 0 Å². The van der Waals surface area contributed by atoms with E-state index in [4.69, 9.17) is 9.84 Å². The number of amides is 2. The Kier molecular flexibility index (Phi) is 5.70. The number of nitrogens with one attached hydrogen (secondary N) is 1. The van der Waals surface area contributed by atoms with Gasteiger partial charge in [0.2, 0.25) is 5.91 Å². The Hall–Kier alpha value is -2.41. The standard InChI is InChI=1S/C16H20N2O5/c1-23-10-8-13(16(21)22)17-15(20)11-4-6-12(7-5-11)18-9-2-3-14(18)19/h4-7,13H,2-3,8-10H2,1H3,(H,17,20)(H,21,22). The molecule has 0 spiro atoms. The van der Waals surface area contributed by atoms with Gasteiger partial charge in [-0.1, -0.05) is 0 Å². The van der Waals surface area contributed by atoms with E-state index < -0.39 is 17.9 Å². The second-order valence-electron chi connectivity index (χ2n) is 5.34. The molecule has 1 fully saturated rings. The summed E-state index contributed by atoms with van der Waals surface area (Å²) in [5.74, 6) is -1.49. The predicted molar refractivity (Wildman–Crippen MR) is 83.4 cm³/mol. The van der Waals surface area contributed by atoms with Crippen LogP contribution < -0.4 is 10.2 Å². The molecule has 0 saturated carbocycles. The molecule has 7 nitrogen and oxygen atoms in total. The van der Waals surface area contributed by atoms with Gasteiger partial charge in [-0.25, -0.2) is 4.79 Å². The number of anilines is 1. The molecule has 0 aromatic heterocycles. The van der Waals surface area contributed by atoms with Crippen LogP contribution >= 0.6 is 0 Å². The molecule has 2 amide bonds. The third kappa shape index (κ3) is 4.29. The van der Waals surface area contributed by atoms with E-state index in [0.29, 0.717) is 18.5 Å². The lowest BCUT2D eigenvalue weighted by Crippen LogP contribution is -2.41. The summed E-state index contributed by atoms with van der Waals surface area (Å²) in [7, 11) is 1.47. The van der Waals surface area contributed by atoms with Crippen molar-refractivity contribution in [1.82, 2.24) is 5.32 Å². The lowest BCUT2D eigenvalue weighted by molar-refractivity contribution is -0.139. The van der Waals surface area contributed by atoms with Gasteiger partial charge in [0, 0.05) is 44.4 Å². The van der Waals surface area contributed by atoms with E-state index in [-0.39, 0.29) is 18.9 Å². The number of carboxylic acid groups (broad SMARTS) is 1. The second kappa shape index (κ2) is 7.73. The molecule has 1 aliphatic rings. The highest BCUT2D eigenvalue weighted by molar-refractivity contribution is 5.98. The van der Waals surface area contributed by atoms with E-state index in [1.165, 1.54) is 7.11 Å². The number of carbonyl (C=O) groups is 3. The largest absolute Gasteiger partial charge is 0.480 e. The molecule has 1 aromatic carbocycles. The van der Waals surface area contributed by atoms with Crippen LogP contribution in [-0.4, -0.2) is 49.2 Å². The van der Waals surface area contributed by atoms with Crippen LogP contribution in [0, 0.1) is 0 Å². The van der Waals surface area contributed by atoms with Gasteiger partial charge >= 0.3 is 5.97 Å². The molecule has 124 valence electrons. The molecule has 0 radical (unpaired) electrons. The first-order chi connectivity index (χ1) is 11.0. The Morgan fingerprint density at radius 1 is 1.35 bits per heavy atom. The predicted octanol–water partition coefficient (Wildman–Crippen LogP) is 1.03. The van der Waals surface area contributed by atoms with Gasteiger partial charge in [-0.05, 0) is 30.7 Å². The fourth-order valence-electron chi connectivity index (χ4n) is 2.45. The van der Waals surface area contributed by atoms with Crippen molar-refractivity contribution in [3.8, 4) is 0 Å². The highest BCUT2D eigenvalue weighted by atomic mass is 16.5. The Balaban J connectivity index is 2.01. The van der Waals surface area contributed by atoms with Crippen LogP contribution in [0.1, 0.15) is 29.6 Å². The SMILES string of the molecule is COCCC(NC(=O)c1ccc(N2CCCC2=O)cc1)C(=O)O. The van der Waals surface area contributed by atoms with Crippen LogP contribution in [-0.2, 0) is 14.3 Å². The van der Waals surface area contributed by atoms with Gasteiger partial charge in [-0.3, -0.25) is 9.59 Å². The molecule has 1 heterocycles. The van der Waals surface area contributed by atoms with Crippen molar-refractivity contribution in [2.75, 3.05) is 25.2 Å². The normalized spacial score (nSPS) is 15.5. The number of ether oxygens (including phenoxy) is 1. The van der Waals surface area contributed by atoms with Gasteiger partial charge in [0.1, 0.15) is 6.04 Å². The molecule has 1 saturated heterocycles. The van der Waals surface area contributed by atoms with Gasteiger partial charge in [0.15, 0.2) is 0 Å². The summed E-state index contributed by atoms with van der Waals surface area (Å²) in [6.45, 7) is 0.926. The zero-order chi connectivity index (χ0) is 16.8. The maximum Gasteiger partial charge on any atom is 0.326 e. The smallest absolute Gasteiger partial charge is 0.326 e. The van der Waals surface area contributed by atoms with Gasteiger partial charge in [-0.15, -0.1) is 0 Å². The summed E-state index contributed by atoms with van der Waals surface area (Å²) in [4.78, 5) is 36.6. The summed E-state index contributed by atoms with van der Waals surface area (Å²) in [6.07, 6.45) is 1.57. The quantitative estimate of drug-likeness (QED) is 0.782. The zero-order valence-corrected chi connectivity index (χ0v) is 12.9. The molecule has 2 rings (SSSR count). The van der Waals surface area contributed by atoms with Crippen LogP contribution in [0.3, 0.4) is 0 Å². The van der Waals surface area contributed by atoms with Crippen molar-refractivity contribution in [3.63, 3.8) is 0 Å². The number of hydrogen-bond acceptors (Lipinski definition) is 4. The van der Waals surface area contributed by atoms with Crippen LogP contribution in [0.5, 0.6) is 0 Å². The second-order valence-corrected chi connectivity index (χ2v) is 5.34. The summed E-state index contributed by atoms with van der Waals surface area (Å²) in [5.41, 5.74) is 1.10. The lowest BCUT2D eigenvalue weighted by atomic mass is 10.1. The van der Waals surface area contributed by atoms with E-state index >= 15 is 0 Å². The number of methoxy groups -OCH3 is 1. The zero-order valence-electron chi connectivity index (χ0n) is 12.9. The fraction of sp³-hybridized carbons (Fsp3) is 0.438. The van der Waals surface area contributed by atoms with E-state index in [2.05, 4.69) is 5.32 Å². The number of nitrogens with zero attached hydrogens (tertiary/aromatic N) is 1. The minimum absolute atomic E-state index is 0.0766. The summed E-state index contributed by atoms with van der Waals surface area (Å²) < 4.78 is 4.84. The monoisotopic (exact) mass is 320 g/mol. The molecule has 7 heteroatoms. The highest BCUT2D eigenvalue weighted by Crippen LogP contribution is 2.21. The minimum atomic E-state index is -1.10. The van der Waals surface area contributed by atoms with Crippen molar-refractivity contribution in [2.45, 2.75) is 25.3 Å². The maximum absolute atomic E-state index is 12.1. The van der Waals surface area contributed by atoms with Gasteiger partial charge < -0.3 is 20.1 Å². The van der Waals surface area contributed by atoms with E-state index in [1.807, 2.05) is 0 Å². The van der Waals surface area contributed by atoms with E-state index in [1.54, 1.807) is 29.2 Å². The van der Waals surface area contributed by atoms with Crippen molar-refractivity contribution >= 4 is 23.5 Å². The Labute approximate surface area is 134 Å². The third-order valence-electron chi connectivity index (χ3n) is 3.73. The molecule has 2 N–H and O–H groups in total. The molecule has 0 bridgehead atoms. The number of hydrogen-bond donors (Lipinski definition) is 2. The van der Waals surface area contributed by atoms with Crippen LogP contribution in [0.4, 0.5) is 5.69 Å². The third-order valence-corrected chi connectivity index (χ3v) is 3.73. The molecule has 23 heavy (non-hydrogen) atoms. The summed E-state index contributed by atoms with van der Waals surface area (Å²) in [5, 5.41) is 11.6. The number of rotatable bonds is 7. The first-order valence-electron chi connectivity index (χ1n) is 7.46. The Morgan fingerprint density at radius 2 is 2.04 bits per heavy atom. The van der Waals surface area contributed by atoms with Gasteiger partial charge in [0.05, 0.1) is 0 Å². The average molecular weight is 320 g/mol. The van der Waals surface area contributed by atoms with Crippen molar-refractivity contribution in [2.24, 2.45) is 0 Å². The Bertz CT molecular complexity index is 585. The number of aliphatic carboxylic acids is 1. The summed E-state index contributed by atoms with van der Waals surface area (Å²) in [6, 6.07) is 5.57. The molecule has 0 aliphatic carbocycles. The van der Waals surface area contributed by atoms with Crippen molar-refractivity contribution in [3.05, 3.63) is 29.8 Å². The van der Waals surface area contributed by atoms with Crippen molar-refractivity contribution < 1.29 is 24.2 Å². The molecule has 1 aromatic rings. The van der Waals surface area contributed by atoms with Gasteiger partial charge in [-0.2, -0.15) is 0 Å². The van der Waals surface area contributed by atoms with Crippen LogP contribution in [0.15, 0.2) is 24.3 Å². The van der Waals surface area contributed by atoms with E-state index in [9.17, 15) is 14.4 Å². The lowest BCUT2D eigenvalue weighted by Gasteiger charge is -2.17. The first-order valence-corrected chi connectivity index (χ1v) is 7.46. The molecule has 1 unspecified atom stereocenters. The van der Waals surface area contributed by atoms with E-state index in [0.717, 1.165) is 12.1 Å². The molecule has 1 atom stereocenters. The Morgan fingerprint density at radius 3 is 2.57 bits per heavy atom. The van der Waals surface area contributed by atoms with Crippen molar-refractivity contribution in [1.29, 1.82) is 0 Å². The topological polar surface area (TPSA) is 95.9 Å². The van der Waals surface area contributed by atoms with Crippen LogP contribution in [0.2, 0.25) is 0 Å². The fourth-order valence-corrected chi connectivity index (χ4v) is 2.45. The maximum atomic E-state index is 12.1. The minimum Gasteiger partial charge on any atom is -0.480 e. The highest BCUT2D eigenvalue weighted by Gasteiger charge is 2.23. The first kappa shape index (κ1) is 17.0. The summed E-state index contributed by atoms with van der Waals surface area (Å²) >= 11 is 0. The molecular weight excluding hydrogens is 300 g/mol. The number of carbonyl (C=O) groups excluding carboxylic acids is 2. The molecule has 1 aliphatic heterocycles. The molecular formula is C16H20N2O5. The van der Waals surface area contributed by atoms with Gasteiger partial charge in [0.25, 0.3) is 5.91 Å².